The Bertz CT molecular complexity index is 829. The molecule has 1 aliphatic rings. The first-order valence-corrected chi connectivity index (χ1v) is 21.0. The van der Waals surface area contributed by atoms with Crippen molar-refractivity contribution in [1.82, 2.24) is 5.32 Å². The Balaban J connectivity index is 2.48. The fourth-order valence-electron chi connectivity index (χ4n) is 6.69. The monoisotopic (exact) mass is 730 g/mol. The van der Waals surface area contributed by atoms with Crippen LogP contribution in [0, 0.1) is 0 Å². The van der Waals surface area contributed by atoms with Crippen LogP contribution in [0.15, 0.2) is 12.2 Å². The molecule has 302 valence electrons. The third-order valence-corrected chi connectivity index (χ3v) is 10.2. The van der Waals surface area contributed by atoms with Crippen LogP contribution in [-0.2, 0) is 14.3 Å². The molecule has 0 aromatic rings. The SMILES string of the molecule is CCCCCCCCCCCCC/C=C/C(O)C(COC1OC(CO)C(O)C(O)C1O)NC(=O)C(O)CCCCCCCCCCCCCCC. The van der Waals surface area contributed by atoms with Gasteiger partial charge in [0.25, 0.3) is 0 Å². The Kier molecular flexibility index (Phi) is 30.4. The molecule has 10 heteroatoms. The number of nitrogens with one attached hydrogen (secondary N) is 1. The van der Waals surface area contributed by atoms with E-state index in [2.05, 4.69) is 19.2 Å². The molecule has 7 N–H and O–H groups in total. The maximum atomic E-state index is 13.0. The van der Waals surface area contributed by atoms with Crippen LogP contribution in [0.4, 0.5) is 0 Å². The molecule has 10 nitrogen and oxygen atoms in total. The van der Waals surface area contributed by atoms with Gasteiger partial charge < -0.3 is 45.4 Å². The maximum Gasteiger partial charge on any atom is 0.249 e. The van der Waals surface area contributed by atoms with Gasteiger partial charge in [0.15, 0.2) is 6.29 Å². The molecular formula is C41H79NO9. The highest BCUT2D eigenvalue weighted by molar-refractivity contribution is 5.80. The van der Waals surface area contributed by atoms with Crippen molar-refractivity contribution >= 4 is 5.91 Å². The second-order valence-corrected chi connectivity index (χ2v) is 14.9. The summed E-state index contributed by atoms with van der Waals surface area (Å²) in [6, 6.07) is -0.972. The number of ether oxygens (including phenoxy) is 2. The lowest BCUT2D eigenvalue weighted by Gasteiger charge is -2.40. The first kappa shape index (κ1) is 47.9. The molecule has 1 fully saturated rings. The third-order valence-electron chi connectivity index (χ3n) is 10.2. The van der Waals surface area contributed by atoms with Crippen molar-refractivity contribution in [3.63, 3.8) is 0 Å². The molecule has 0 spiro atoms. The average molecular weight is 730 g/mol. The van der Waals surface area contributed by atoms with Gasteiger partial charge >= 0.3 is 0 Å². The average Bonchev–Trinajstić information content (AvgIpc) is 3.13. The minimum atomic E-state index is -1.60. The molecule has 1 aliphatic heterocycles. The van der Waals surface area contributed by atoms with Crippen molar-refractivity contribution < 1.29 is 44.9 Å². The number of hydrogen-bond donors (Lipinski definition) is 7. The predicted molar refractivity (Wildman–Crippen MR) is 204 cm³/mol. The Morgan fingerprint density at radius 3 is 1.59 bits per heavy atom. The molecule has 8 atom stereocenters. The van der Waals surface area contributed by atoms with Gasteiger partial charge in [0, 0.05) is 0 Å². The molecule has 0 aromatic heterocycles. The summed E-state index contributed by atoms with van der Waals surface area (Å²) in [6.07, 6.45) is 24.4. The van der Waals surface area contributed by atoms with Gasteiger partial charge in [0.1, 0.15) is 30.5 Å². The number of carbonyl (C=O) groups is 1. The summed E-state index contributed by atoms with van der Waals surface area (Å²) in [5.74, 6) is -0.617. The summed E-state index contributed by atoms with van der Waals surface area (Å²) in [4.78, 5) is 13.0. The minimum absolute atomic E-state index is 0.302. The highest BCUT2D eigenvalue weighted by atomic mass is 16.7. The smallest absolute Gasteiger partial charge is 0.249 e. The fraction of sp³-hybridized carbons (Fsp3) is 0.927. The van der Waals surface area contributed by atoms with Crippen molar-refractivity contribution in [2.24, 2.45) is 0 Å². The lowest BCUT2D eigenvalue weighted by Crippen LogP contribution is -2.60. The highest BCUT2D eigenvalue weighted by Gasteiger charge is 2.44. The summed E-state index contributed by atoms with van der Waals surface area (Å²) in [7, 11) is 0. The van der Waals surface area contributed by atoms with Gasteiger partial charge in [-0.25, -0.2) is 0 Å². The number of aliphatic hydroxyl groups is 6. The van der Waals surface area contributed by atoms with Crippen LogP contribution in [0.3, 0.4) is 0 Å². The van der Waals surface area contributed by atoms with E-state index in [0.717, 1.165) is 44.9 Å². The van der Waals surface area contributed by atoms with E-state index in [4.69, 9.17) is 9.47 Å². The minimum Gasteiger partial charge on any atom is -0.394 e. The first-order valence-electron chi connectivity index (χ1n) is 21.0. The quantitative estimate of drug-likeness (QED) is 0.0280. The second kappa shape index (κ2) is 32.3. The van der Waals surface area contributed by atoms with Crippen molar-refractivity contribution in [3.8, 4) is 0 Å². The van der Waals surface area contributed by atoms with E-state index >= 15 is 0 Å². The summed E-state index contributed by atoms with van der Waals surface area (Å²) in [5.41, 5.74) is 0. The number of rotatable bonds is 34. The van der Waals surface area contributed by atoms with Crippen LogP contribution >= 0.6 is 0 Å². The maximum absolute atomic E-state index is 13.0. The van der Waals surface area contributed by atoms with E-state index in [9.17, 15) is 35.4 Å². The van der Waals surface area contributed by atoms with E-state index in [1.54, 1.807) is 6.08 Å². The Morgan fingerprint density at radius 1 is 0.667 bits per heavy atom. The zero-order valence-corrected chi connectivity index (χ0v) is 32.5. The molecule has 1 rings (SSSR count). The van der Waals surface area contributed by atoms with Crippen molar-refractivity contribution in [2.45, 2.75) is 230 Å². The normalized spacial score (nSPS) is 22.7. The van der Waals surface area contributed by atoms with Crippen molar-refractivity contribution in [3.05, 3.63) is 12.2 Å². The molecule has 1 amide bonds. The van der Waals surface area contributed by atoms with E-state index in [-0.39, 0.29) is 6.61 Å². The molecule has 0 aliphatic carbocycles. The molecule has 1 heterocycles. The van der Waals surface area contributed by atoms with Gasteiger partial charge in [-0.05, 0) is 19.3 Å². The Morgan fingerprint density at radius 2 is 1.12 bits per heavy atom. The van der Waals surface area contributed by atoms with Gasteiger partial charge in [-0.2, -0.15) is 0 Å². The molecule has 0 radical (unpaired) electrons. The Labute approximate surface area is 310 Å². The van der Waals surface area contributed by atoms with Crippen LogP contribution in [0.5, 0.6) is 0 Å². The van der Waals surface area contributed by atoms with Crippen LogP contribution in [0.2, 0.25) is 0 Å². The lowest BCUT2D eigenvalue weighted by molar-refractivity contribution is -0.302. The molecular weight excluding hydrogens is 650 g/mol. The molecule has 1 saturated heterocycles. The lowest BCUT2D eigenvalue weighted by atomic mass is 9.99. The second-order valence-electron chi connectivity index (χ2n) is 14.9. The van der Waals surface area contributed by atoms with Crippen LogP contribution in [0.25, 0.3) is 0 Å². The van der Waals surface area contributed by atoms with Gasteiger partial charge in [0.05, 0.1) is 25.4 Å². The third kappa shape index (κ3) is 23.3. The topological polar surface area (TPSA) is 169 Å². The highest BCUT2D eigenvalue weighted by Crippen LogP contribution is 2.22. The molecule has 0 saturated carbocycles. The molecule has 8 unspecified atom stereocenters. The molecule has 0 bridgehead atoms. The summed E-state index contributed by atoms with van der Waals surface area (Å²) < 4.78 is 11.1. The number of unbranched alkanes of at least 4 members (excludes halogenated alkanes) is 23. The fourth-order valence-corrected chi connectivity index (χ4v) is 6.69. The predicted octanol–water partition coefficient (Wildman–Crippen LogP) is 6.75. The van der Waals surface area contributed by atoms with Crippen LogP contribution in [-0.4, -0.2) is 98.7 Å². The molecule has 0 aromatic carbocycles. The number of carbonyl (C=O) groups excluding carboxylic acids is 1. The van der Waals surface area contributed by atoms with Gasteiger partial charge in [-0.3, -0.25) is 4.79 Å². The number of hydrogen-bond acceptors (Lipinski definition) is 9. The standard InChI is InChI=1S/C41H79NO9/c1-3-5-7-9-11-13-15-17-19-21-23-25-27-29-34(44)33(32-50-41-39(48)38(47)37(46)36(31-43)51-41)42-40(49)35(45)30-28-26-24-22-20-18-16-14-12-10-8-6-4-2/h27,29,33-39,41,43-48H,3-26,28,30-32H2,1-2H3,(H,42,49)/b29-27+. The van der Waals surface area contributed by atoms with Gasteiger partial charge in [0.2, 0.25) is 5.91 Å². The van der Waals surface area contributed by atoms with Crippen LogP contribution in [0.1, 0.15) is 181 Å². The van der Waals surface area contributed by atoms with Crippen molar-refractivity contribution in [1.29, 1.82) is 0 Å². The zero-order chi connectivity index (χ0) is 37.5. The van der Waals surface area contributed by atoms with Crippen molar-refractivity contribution in [2.75, 3.05) is 13.2 Å². The Hall–Kier alpha value is -1.11. The zero-order valence-electron chi connectivity index (χ0n) is 32.5. The van der Waals surface area contributed by atoms with E-state index in [1.807, 2.05) is 6.08 Å². The van der Waals surface area contributed by atoms with Gasteiger partial charge in [-0.1, -0.05) is 174 Å². The largest absolute Gasteiger partial charge is 0.394 e. The van der Waals surface area contributed by atoms with E-state index < -0.39 is 61.5 Å². The number of amides is 1. The number of aliphatic hydroxyl groups excluding tert-OH is 6. The van der Waals surface area contributed by atoms with E-state index in [0.29, 0.717) is 6.42 Å². The van der Waals surface area contributed by atoms with E-state index in [1.165, 1.54) is 116 Å². The van der Waals surface area contributed by atoms with Gasteiger partial charge in [-0.15, -0.1) is 0 Å². The summed E-state index contributed by atoms with van der Waals surface area (Å²) in [5, 5.41) is 64.4. The van der Waals surface area contributed by atoms with Crippen LogP contribution < -0.4 is 5.32 Å². The number of allylic oxidation sites excluding steroid dienone is 1. The summed E-state index contributed by atoms with van der Waals surface area (Å²) >= 11 is 0. The summed E-state index contributed by atoms with van der Waals surface area (Å²) in [6.45, 7) is 3.58. The first-order chi connectivity index (χ1) is 24.8. The molecule has 51 heavy (non-hydrogen) atoms.